The fraction of sp³-hybridized carbons (Fsp3) is 0.643. The van der Waals surface area contributed by atoms with Crippen LogP contribution in [0.1, 0.15) is 39.5 Å². The van der Waals surface area contributed by atoms with Gasteiger partial charge < -0.3 is 4.90 Å². The number of carbonyl (C=O) groups excluding carboxylic acids is 1. The molecule has 0 N–H and O–H groups in total. The summed E-state index contributed by atoms with van der Waals surface area (Å²) in [5.41, 5.74) is -0.0764. The van der Waals surface area contributed by atoms with E-state index in [0.717, 1.165) is 19.4 Å². The van der Waals surface area contributed by atoms with Crippen molar-refractivity contribution in [3.8, 4) is 0 Å². The summed E-state index contributed by atoms with van der Waals surface area (Å²) in [6.07, 6.45) is 5.82. The summed E-state index contributed by atoms with van der Waals surface area (Å²) >= 11 is 0. The van der Waals surface area contributed by atoms with E-state index >= 15 is 0 Å². The molecule has 2 heterocycles. The van der Waals surface area contributed by atoms with Gasteiger partial charge in [-0.25, -0.2) is 4.68 Å². The van der Waals surface area contributed by atoms with Gasteiger partial charge in [0, 0.05) is 39.3 Å². The Kier molecular flexibility index (Phi) is 9.40. The van der Waals surface area contributed by atoms with Crippen molar-refractivity contribution < 1.29 is 4.79 Å². The van der Waals surface area contributed by atoms with Gasteiger partial charge in [-0.1, -0.05) is 20.3 Å². The number of carbonyl (C=O) groups is 1. The molecule has 1 aliphatic rings. The van der Waals surface area contributed by atoms with E-state index in [2.05, 4.69) is 5.10 Å². The number of rotatable bonds is 0. The molecule has 0 saturated carbocycles. The molecule has 0 unspecified atom stereocenters. The largest absolute Gasteiger partial charge is 0.346 e. The normalized spacial score (nSPS) is 14.5. The van der Waals surface area contributed by atoms with E-state index in [0.29, 0.717) is 5.91 Å². The minimum atomic E-state index is -0.0764. The summed E-state index contributed by atoms with van der Waals surface area (Å²) in [6, 6.07) is 3.08. The second-order valence-corrected chi connectivity index (χ2v) is 4.11. The summed E-state index contributed by atoms with van der Waals surface area (Å²) in [5.74, 6) is 0.313. The first-order chi connectivity index (χ1) is 9.11. The van der Waals surface area contributed by atoms with Crippen LogP contribution in [0.2, 0.25) is 0 Å². The van der Waals surface area contributed by atoms with E-state index in [1.807, 2.05) is 25.8 Å². The molecule has 0 radical (unpaired) electrons. The number of nitrogens with zero attached hydrogens (tertiary/aromatic N) is 3. The van der Waals surface area contributed by atoms with Gasteiger partial charge in [-0.05, 0) is 18.9 Å². The SMILES string of the molecule is CC.CN1CCCCCC1=O.Cn1ncccc1=O. The van der Waals surface area contributed by atoms with Gasteiger partial charge in [0.25, 0.3) is 5.56 Å². The van der Waals surface area contributed by atoms with Crippen molar-refractivity contribution in [2.75, 3.05) is 13.6 Å². The third kappa shape index (κ3) is 7.39. The third-order valence-electron chi connectivity index (χ3n) is 2.69. The van der Waals surface area contributed by atoms with Crippen LogP contribution in [0.3, 0.4) is 0 Å². The molecule has 108 valence electrons. The number of hydrogen-bond donors (Lipinski definition) is 0. The lowest BCUT2D eigenvalue weighted by Gasteiger charge is -2.11. The van der Waals surface area contributed by atoms with Gasteiger partial charge in [0.2, 0.25) is 5.91 Å². The number of hydrogen-bond acceptors (Lipinski definition) is 3. The van der Waals surface area contributed by atoms with Crippen LogP contribution in [-0.2, 0) is 11.8 Å². The summed E-state index contributed by atoms with van der Waals surface area (Å²) in [7, 11) is 3.50. The zero-order chi connectivity index (χ0) is 14.7. The quantitative estimate of drug-likeness (QED) is 0.720. The first-order valence-electron chi connectivity index (χ1n) is 6.83. The van der Waals surface area contributed by atoms with E-state index in [-0.39, 0.29) is 5.56 Å². The van der Waals surface area contributed by atoms with Gasteiger partial charge in [-0.15, -0.1) is 0 Å². The van der Waals surface area contributed by atoms with Gasteiger partial charge in [0.05, 0.1) is 0 Å². The summed E-state index contributed by atoms with van der Waals surface area (Å²) in [6.45, 7) is 4.96. The highest BCUT2D eigenvalue weighted by molar-refractivity contribution is 5.75. The smallest absolute Gasteiger partial charge is 0.266 e. The highest BCUT2D eigenvalue weighted by atomic mass is 16.2. The van der Waals surface area contributed by atoms with Crippen molar-refractivity contribution in [2.24, 2.45) is 7.05 Å². The fourth-order valence-corrected chi connectivity index (χ4v) is 1.55. The Hall–Kier alpha value is -1.65. The van der Waals surface area contributed by atoms with E-state index < -0.39 is 0 Å². The van der Waals surface area contributed by atoms with Crippen LogP contribution in [0.25, 0.3) is 0 Å². The van der Waals surface area contributed by atoms with Gasteiger partial charge >= 0.3 is 0 Å². The monoisotopic (exact) mass is 267 g/mol. The molecule has 1 aromatic heterocycles. The number of aryl methyl sites for hydroxylation is 1. The molecule has 1 aliphatic heterocycles. The van der Waals surface area contributed by atoms with E-state index in [9.17, 15) is 9.59 Å². The van der Waals surface area contributed by atoms with E-state index in [1.54, 1.807) is 19.3 Å². The molecule has 0 atom stereocenters. The maximum atomic E-state index is 10.9. The molecule has 1 aromatic rings. The second kappa shape index (κ2) is 10.3. The average Bonchev–Trinajstić information content (AvgIpc) is 2.62. The standard InChI is InChI=1S/C7H13NO.C5H6N2O.C2H6/c1-8-6-4-2-3-5-7(8)9;1-7-5(8)3-2-4-6-7;1-2/h2-6H2,1H3;2-4H,1H3;1-2H3. The molecule has 0 aliphatic carbocycles. The first kappa shape index (κ1) is 17.4. The summed E-state index contributed by atoms with van der Waals surface area (Å²) in [5, 5.41) is 3.68. The second-order valence-electron chi connectivity index (χ2n) is 4.11. The minimum absolute atomic E-state index is 0.0764. The molecule has 1 amide bonds. The average molecular weight is 267 g/mol. The van der Waals surface area contributed by atoms with Crippen LogP contribution in [-0.4, -0.2) is 34.2 Å². The third-order valence-corrected chi connectivity index (χ3v) is 2.69. The molecule has 5 heteroatoms. The van der Waals surface area contributed by atoms with Crippen LogP contribution in [0.5, 0.6) is 0 Å². The van der Waals surface area contributed by atoms with Gasteiger partial charge in [-0.3, -0.25) is 9.59 Å². The lowest BCUT2D eigenvalue weighted by atomic mass is 10.2. The molecule has 19 heavy (non-hydrogen) atoms. The molecule has 1 fully saturated rings. The zero-order valence-corrected chi connectivity index (χ0v) is 12.4. The van der Waals surface area contributed by atoms with Crippen LogP contribution in [0.15, 0.2) is 23.1 Å². The van der Waals surface area contributed by atoms with Gasteiger partial charge in [0.1, 0.15) is 0 Å². The number of aromatic nitrogens is 2. The summed E-state index contributed by atoms with van der Waals surface area (Å²) in [4.78, 5) is 23.3. The summed E-state index contributed by atoms with van der Waals surface area (Å²) < 4.78 is 1.28. The highest BCUT2D eigenvalue weighted by Gasteiger charge is 2.10. The Balaban J connectivity index is 0.000000303. The van der Waals surface area contributed by atoms with Gasteiger partial charge in [-0.2, -0.15) is 5.10 Å². The van der Waals surface area contributed by atoms with Crippen LogP contribution in [0.4, 0.5) is 0 Å². The molecular formula is C14H25N3O2. The number of likely N-dealkylation sites (tertiary alicyclic amines) is 1. The van der Waals surface area contributed by atoms with Crippen LogP contribution >= 0.6 is 0 Å². The topological polar surface area (TPSA) is 55.2 Å². The molecule has 2 rings (SSSR count). The van der Waals surface area contributed by atoms with E-state index in [1.165, 1.54) is 23.6 Å². The van der Waals surface area contributed by atoms with E-state index in [4.69, 9.17) is 0 Å². The van der Waals surface area contributed by atoms with Crippen molar-refractivity contribution in [2.45, 2.75) is 39.5 Å². The predicted octanol–water partition coefficient (Wildman–Crippen LogP) is 1.83. The predicted molar refractivity (Wildman–Crippen MR) is 76.9 cm³/mol. The molecule has 5 nitrogen and oxygen atoms in total. The Morgan fingerprint density at radius 1 is 1.11 bits per heavy atom. The Morgan fingerprint density at radius 2 is 1.79 bits per heavy atom. The van der Waals surface area contributed by atoms with Crippen LogP contribution in [0, 0.1) is 0 Å². The molecule has 0 spiro atoms. The lowest BCUT2D eigenvalue weighted by Crippen LogP contribution is -2.25. The maximum absolute atomic E-state index is 10.9. The van der Waals surface area contributed by atoms with Gasteiger partial charge in [0.15, 0.2) is 0 Å². The number of amides is 1. The molecular weight excluding hydrogens is 242 g/mol. The Labute approximate surface area is 115 Å². The van der Waals surface area contributed by atoms with Crippen molar-refractivity contribution in [1.82, 2.24) is 14.7 Å². The molecule has 0 bridgehead atoms. The van der Waals surface area contributed by atoms with Crippen molar-refractivity contribution >= 4 is 5.91 Å². The first-order valence-corrected chi connectivity index (χ1v) is 6.83. The van der Waals surface area contributed by atoms with Crippen molar-refractivity contribution in [3.05, 3.63) is 28.7 Å². The fourth-order valence-electron chi connectivity index (χ4n) is 1.55. The van der Waals surface area contributed by atoms with Crippen molar-refractivity contribution in [1.29, 1.82) is 0 Å². The minimum Gasteiger partial charge on any atom is -0.346 e. The molecule has 0 aromatic carbocycles. The maximum Gasteiger partial charge on any atom is 0.266 e. The Bertz CT molecular complexity index is 415. The zero-order valence-electron chi connectivity index (χ0n) is 12.4. The lowest BCUT2D eigenvalue weighted by molar-refractivity contribution is -0.129. The van der Waals surface area contributed by atoms with Crippen molar-refractivity contribution in [3.63, 3.8) is 0 Å². The Morgan fingerprint density at radius 3 is 2.32 bits per heavy atom. The van der Waals surface area contributed by atoms with Crippen LogP contribution < -0.4 is 5.56 Å². The molecule has 1 saturated heterocycles. The highest BCUT2D eigenvalue weighted by Crippen LogP contribution is 2.08.